The molecule has 9 N–H and O–H groups in total. The number of hydrogen-bond acceptors (Lipinski definition) is 7. The Bertz CT molecular complexity index is 1440. The van der Waals surface area contributed by atoms with E-state index in [2.05, 4.69) is 20.9 Å². The van der Waals surface area contributed by atoms with E-state index >= 15 is 0 Å². The number of carboxylic acid groups (broad SMARTS) is 2. The number of nitrogens with two attached hydrogens (primary N) is 1. The summed E-state index contributed by atoms with van der Waals surface area (Å²) in [5, 5.41) is 36.7. The predicted octanol–water partition coefficient (Wildman–Crippen LogP) is 0.656. The van der Waals surface area contributed by atoms with Crippen LogP contribution in [0.2, 0.25) is 0 Å². The van der Waals surface area contributed by atoms with Crippen molar-refractivity contribution >= 4 is 40.6 Å². The first-order chi connectivity index (χ1) is 19.8. The van der Waals surface area contributed by atoms with Crippen molar-refractivity contribution in [2.75, 3.05) is 0 Å². The number of H-pyrrole nitrogens is 1. The molecule has 13 heteroatoms. The average molecular weight is 582 g/mol. The molecule has 3 amide bonds. The van der Waals surface area contributed by atoms with Gasteiger partial charge >= 0.3 is 11.9 Å². The van der Waals surface area contributed by atoms with Gasteiger partial charge in [0.15, 0.2) is 0 Å². The summed E-state index contributed by atoms with van der Waals surface area (Å²) in [7, 11) is 0. The first kappa shape index (κ1) is 31.6. The van der Waals surface area contributed by atoms with Crippen LogP contribution in [-0.4, -0.2) is 74.1 Å². The largest absolute Gasteiger partial charge is 0.508 e. The second-order valence-electron chi connectivity index (χ2n) is 10.3. The summed E-state index contributed by atoms with van der Waals surface area (Å²) >= 11 is 0. The van der Waals surface area contributed by atoms with Crippen LogP contribution in [0.5, 0.6) is 5.75 Å². The zero-order valence-electron chi connectivity index (χ0n) is 23.2. The van der Waals surface area contributed by atoms with Crippen LogP contribution in [0.4, 0.5) is 0 Å². The summed E-state index contributed by atoms with van der Waals surface area (Å²) in [6.45, 7) is 3.31. The maximum Gasteiger partial charge on any atom is 0.326 e. The average Bonchev–Trinajstić information content (AvgIpc) is 3.33. The lowest BCUT2D eigenvalue weighted by molar-refractivity contribution is -0.142. The number of aromatic nitrogens is 1. The number of carbonyl (C=O) groups is 5. The normalized spacial score (nSPS) is 14.0. The number of aliphatic carboxylic acids is 2. The van der Waals surface area contributed by atoms with E-state index in [1.165, 1.54) is 24.3 Å². The van der Waals surface area contributed by atoms with E-state index < -0.39 is 66.2 Å². The summed E-state index contributed by atoms with van der Waals surface area (Å²) < 4.78 is 0. The van der Waals surface area contributed by atoms with Gasteiger partial charge in [0.25, 0.3) is 0 Å². The SMILES string of the molecule is CC(C)C(NC(=O)C(N)CC(=O)O)C(=O)NC(Cc1c[nH]c2ccccc12)C(=O)NC(Cc1ccc(O)cc1)C(=O)O. The van der Waals surface area contributed by atoms with Crippen molar-refractivity contribution in [1.29, 1.82) is 0 Å². The van der Waals surface area contributed by atoms with Crippen LogP contribution < -0.4 is 21.7 Å². The number of carbonyl (C=O) groups excluding carboxylic acids is 3. The van der Waals surface area contributed by atoms with Gasteiger partial charge in [-0.05, 0) is 35.2 Å². The van der Waals surface area contributed by atoms with E-state index in [0.717, 1.165) is 10.9 Å². The number of aromatic hydroxyl groups is 1. The molecule has 4 atom stereocenters. The minimum atomic E-state index is -1.39. The van der Waals surface area contributed by atoms with Gasteiger partial charge in [0, 0.05) is 29.9 Å². The fraction of sp³-hybridized carbons (Fsp3) is 0.345. The third kappa shape index (κ3) is 8.54. The molecular formula is C29H35N5O8. The molecule has 3 aromatic rings. The molecule has 13 nitrogen and oxygen atoms in total. The Morgan fingerprint density at radius 3 is 2.10 bits per heavy atom. The third-order valence-electron chi connectivity index (χ3n) is 6.70. The highest BCUT2D eigenvalue weighted by molar-refractivity contribution is 5.95. The highest BCUT2D eigenvalue weighted by atomic mass is 16.4. The number of para-hydroxylation sites is 1. The first-order valence-corrected chi connectivity index (χ1v) is 13.3. The van der Waals surface area contributed by atoms with Crippen molar-refractivity contribution in [3.05, 3.63) is 65.9 Å². The summed E-state index contributed by atoms with van der Waals surface area (Å²) in [4.78, 5) is 65.5. The molecule has 3 rings (SSSR count). The number of phenols is 1. The van der Waals surface area contributed by atoms with E-state index in [-0.39, 0.29) is 18.6 Å². The Morgan fingerprint density at radius 1 is 0.833 bits per heavy atom. The van der Waals surface area contributed by atoms with Gasteiger partial charge in [-0.2, -0.15) is 0 Å². The number of carboxylic acids is 2. The third-order valence-corrected chi connectivity index (χ3v) is 6.70. The van der Waals surface area contributed by atoms with E-state index in [0.29, 0.717) is 11.1 Å². The second kappa shape index (κ2) is 14.1. The quantitative estimate of drug-likeness (QED) is 0.134. The summed E-state index contributed by atoms with van der Waals surface area (Å²) in [6.07, 6.45) is 0.960. The molecule has 0 aliphatic heterocycles. The topological polar surface area (TPSA) is 224 Å². The number of aromatic amines is 1. The van der Waals surface area contributed by atoms with Gasteiger partial charge < -0.3 is 42.0 Å². The second-order valence-corrected chi connectivity index (χ2v) is 10.3. The monoisotopic (exact) mass is 581 g/mol. The number of fused-ring (bicyclic) bond motifs is 1. The van der Waals surface area contributed by atoms with Crippen molar-refractivity contribution in [1.82, 2.24) is 20.9 Å². The van der Waals surface area contributed by atoms with E-state index in [1.807, 2.05) is 24.3 Å². The molecule has 0 saturated heterocycles. The minimum absolute atomic E-state index is 0.00637. The predicted molar refractivity (Wildman–Crippen MR) is 152 cm³/mol. The molecule has 224 valence electrons. The molecule has 0 aliphatic rings. The molecule has 2 aromatic carbocycles. The molecule has 0 radical (unpaired) electrons. The van der Waals surface area contributed by atoms with Crippen LogP contribution >= 0.6 is 0 Å². The van der Waals surface area contributed by atoms with Gasteiger partial charge in [0.05, 0.1) is 12.5 Å². The van der Waals surface area contributed by atoms with Gasteiger partial charge in [-0.3, -0.25) is 19.2 Å². The lowest BCUT2D eigenvalue weighted by atomic mass is 9.99. The van der Waals surface area contributed by atoms with Crippen molar-refractivity contribution < 1.29 is 39.3 Å². The zero-order chi connectivity index (χ0) is 31.0. The van der Waals surface area contributed by atoms with Crippen LogP contribution in [0.1, 0.15) is 31.4 Å². The number of benzene rings is 2. The van der Waals surface area contributed by atoms with Gasteiger partial charge in [0.2, 0.25) is 17.7 Å². The van der Waals surface area contributed by atoms with E-state index in [9.17, 15) is 34.2 Å². The number of nitrogens with one attached hydrogen (secondary N) is 4. The van der Waals surface area contributed by atoms with Crippen LogP contribution in [-0.2, 0) is 36.8 Å². The van der Waals surface area contributed by atoms with Gasteiger partial charge in [-0.15, -0.1) is 0 Å². The maximum absolute atomic E-state index is 13.5. The molecule has 0 bridgehead atoms. The lowest BCUT2D eigenvalue weighted by Crippen LogP contribution is -2.59. The standard InChI is InChI=1S/C29H35N5O8/c1-15(2)25(34-26(38)20(30)13-24(36)37)28(40)32-22(12-17-14-31-21-6-4-3-5-19(17)21)27(39)33-23(29(41)42)11-16-7-9-18(35)10-8-16/h3-10,14-15,20,22-23,25,31,35H,11-13,30H2,1-2H3,(H,32,40)(H,33,39)(H,34,38)(H,36,37)(H,41,42). The molecule has 1 aromatic heterocycles. The minimum Gasteiger partial charge on any atom is -0.508 e. The van der Waals surface area contributed by atoms with Crippen LogP contribution in [0.3, 0.4) is 0 Å². The summed E-state index contributed by atoms with van der Waals surface area (Å²) in [5.74, 6) is -5.38. The lowest BCUT2D eigenvalue weighted by Gasteiger charge is -2.27. The molecule has 42 heavy (non-hydrogen) atoms. The zero-order valence-corrected chi connectivity index (χ0v) is 23.2. The summed E-state index contributed by atoms with van der Waals surface area (Å²) in [6, 6.07) is 8.05. The number of amides is 3. The molecule has 0 saturated carbocycles. The van der Waals surface area contributed by atoms with Gasteiger partial charge in [-0.25, -0.2) is 4.79 Å². The molecule has 4 unspecified atom stereocenters. The Hall–Kier alpha value is -4.91. The first-order valence-electron chi connectivity index (χ1n) is 13.3. The highest BCUT2D eigenvalue weighted by Gasteiger charge is 2.32. The highest BCUT2D eigenvalue weighted by Crippen LogP contribution is 2.20. The van der Waals surface area contributed by atoms with Crippen LogP contribution in [0.25, 0.3) is 10.9 Å². The van der Waals surface area contributed by atoms with Crippen LogP contribution in [0, 0.1) is 5.92 Å². The Balaban J connectivity index is 1.85. The van der Waals surface area contributed by atoms with Crippen molar-refractivity contribution in [3.8, 4) is 5.75 Å². The van der Waals surface area contributed by atoms with Gasteiger partial charge in [-0.1, -0.05) is 44.2 Å². The van der Waals surface area contributed by atoms with Crippen molar-refractivity contribution in [2.45, 2.75) is 57.3 Å². The molecule has 0 spiro atoms. The number of rotatable bonds is 14. The Morgan fingerprint density at radius 2 is 1.48 bits per heavy atom. The van der Waals surface area contributed by atoms with Crippen LogP contribution in [0.15, 0.2) is 54.7 Å². The smallest absolute Gasteiger partial charge is 0.326 e. The Labute approximate surface area is 241 Å². The number of phenolic OH excluding ortho intramolecular Hbond substituents is 1. The fourth-order valence-electron chi connectivity index (χ4n) is 4.41. The summed E-state index contributed by atoms with van der Waals surface area (Å²) in [5.41, 5.74) is 7.69. The Kier molecular flexibility index (Phi) is 10.6. The van der Waals surface area contributed by atoms with Crippen molar-refractivity contribution in [2.24, 2.45) is 11.7 Å². The molecular weight excluding hydrogens is 546 g/mol. The van der Waals surface area contributed by atoms with Crippen molar-refractivity contribution in [3.63, 3.8) is 0 Å². The maximum atomic E-state index is 13.5. The molecule has 0 aliphatic carbocycles. The van der Waals surface area contributed by atoms with E-state index in [1.54, 1.807) is 20.0 Å². The molecule has 1 heterocycles. The number of hydrogen-bond donors (Lipinski definition) is 8. The molecule has 0 fully saturated rings. The van der Waals surface area contributed by atoms with Gasteiger partial charge in [0.1, 0.15) is 23.9 Å². The fourth-order valence-corrected chi connectivity index (χ4v) is 4.41. The van der Waals surface area contributed by atoms with E-state index in [4.69, 9.17) is 10.8 Å².